The van der Waals surface area contributed by atoms with Gasteiger partial charge in [0.05, 0.1) is 23.9 Å². The molecule has 39 heavy (non-hydrogen) atoms. The number of aromatic carboxylic acids is 1. The molecular formula is C30H33N5O4. The number of benzene rings is 1. The molecule has 0 radical (unpaired) electrons. The molecule has 6 rings (SSSR count). The maximum absolute atomic E-state index is 13.1. The fourth-order valence-electron chi connectivity index (χ4n) is 6.13. The second kappa shape index (κ2) is 10.9. The number of carboxylic acids is 1. The van der Waals surface area contributed by atoms with Crippen LogP contribution in [0.25, 0.3) is 21.9 Å². The van der Waals surface area contributed by atoms with Gasteiger partial charge in [0.15, 0.2) is 0 Å². The lowest BCUT2D eigenvalue weighted by Gasteiger charge is -2.35. The van der Waals surface area contributed by atoms with Crippen LogP contribution < -0.4 is 10.1 Å². The monoisotopic (exact) mass is 527 g/mol. The van der Waals surface area contributed by atoms with E-state index in [0.29, 0.717) is 24.8 Å². The van der Waals surface area contributed by atoms with Crippen molar-refractivity contribution in [2.75, 3.05) is 19.7 Å². The van der Waals surface area contributed by atoms with E-state index in [9.17, 15) is 9.59 Å². The number of fused-ring (bicyclic) bond motifs is 3. The van der Waals surface area contributed by atoms with E-state index >= 15 is 0 Å². The number of piperidine rings is 1. The summed E-state index contributed by atoms with van der Waals surface area (Å²) in [7, 11) is 0. The second-order valence-electron chi connectivity index (χ2n) is 10.8. The quantitative estimate of drug-likeness (QED) is 0.311. The first kappa shape index (κ1) is 25.2. The number of nitrogens with zero attached hydrogens (tertiary/aromatic N) is 3. The van der Waals surface area contributed by atoms with Crippen molar-refractivity contribution in [1.29, 1.82) is 0 Å². The molecule has 4 heterocycles. The Morgan fingerprint density at radius 3 is 2.67 bits per heavy atom. The Hall–Kier alpha value is -4.14. The van der Waals surface area contributed by atoms with Crippen LogP contribution in [0.5, 0.6) is 5.75 Å². The minimum absolute atomic E-state index is 0.0171. The summed E-state index contributed by atoms with van der Waals surface area (Å²) in [6.45, 7) is 1.93. The molecule has 1 saturated carbocycles. The predicted molar refractivity (Wildman–Crippen MR) is 148 cm³/mol. The molecule has 2 aliphatic rings. The molecule has 3 N–H and O–H groups in total. The lowest BCUT2D eigenvalue weighted by atomic mass is 9.80. The van der Waals surface area contributed by atoms with Gasteiger partial charge >= 0.3 is 12.0 Å². The third-order valence-corrected chi connectivity index (χ3v) is 8.21. The van der Waals surface area contributed by atoms with Gasteiger partial charge in [0.2, 0.25) is 0 Å². The number of amides is 2. The molecule has 1 aromatic carbocycles. The molecule has 0 bridgehead atoms. The summed E-state index contributed by atoms with van der Waals surface area (Å²) in [5.41, 5.74) is 3.38. The van der Waals surface area contributed by atoms with Gasteiger partial charge in [-0.2, -0.15) is 0 Å². The number of H-pyrrole nitrogens is 1. The summed E-state index contributed by atoms with van der Waals surface area (Å²) in [6, 6.07) is 10.9. The summed E-state index contributed by atoms with van der Waals surface area (Å²) in [6.07, 6.45) is 11.6. The van der Waals surface area contributed by atoms with E-state index in [1.54, 1.807) is 24.3 Å². The first-order valence-corrected chi connectivity index (χ1v) is 13.8. The van der Waals surface area contributed by atoms with E-state index in [1.807, 2.05) is 23.5 Å². The Morgan fingerprint density at radius 1 is 1.05 bits per heavy atom. The minimum Gasteiger partial charge on any atom is -0.493 e. The van der Waals surface area contributed by atoms with Crippen LogP contribution in [-0.4, -0.2) is 62.7 Å². The Kier molecular flexibility index (Phi) is 7.04. The van der Waals surface area contributed by atoms with Gasteiger partial charge in [-0.3, -0.25) is 4.98 Å². The molecule has 1 atom stereocenters. The highest BCUT2D eigenvalue weighted by molar-refractivity contribution is 6.05. The summed E-state index contributed by atoms with van der Waals surface area (Å²) in [4.78, 5) is 38.3. The van der Waals surface area contributed by atoms with Crippen LogP contribution in [0.3, 0.4) is 0 Å². The van der Waals surface area contributed by atoms with Crippen molar-refractivity contribution in [2.45, 2.75) is 50.5 Å². The number of nitrogens with one attached hydrogen (secondary N) is 2. The van der Waals surface area contributed by atoms with E-state index in [1.165, 1.54) is 10.9 Å². The standard InChI is InChI=1S/C30H33N5O4/c36-29(37)21-5-9-23(10-6-21)39-18-19-2-1-15-35(17-19)30(38)34-22-7-3-20(4-8-22)24-11-13-31-26-16-33-28-25(27(24)26)12-14-32-28/h5-6,9-14,16,19-20,22H,1-4,7-8,15,17-18H2,(H,32,33)(H,34,38)(H,36,37). The highest BCUT2D eigenvalue weighted by atomic mass is 16.5. The molecule has 1 aliphatic carbocycles. The number of ether oxygens (including phenoxy) is 1. The number of hydrogen-bond acceptors (Lipinski definition) is 5. The van der Waals surface area contributed by atoms with Gasteiger partial charge in [0.25, 0.3) is 0 Å². The molecule has 2 fully saturated rings. The van der Waals surface area contributed by atoms with E-state index < -0.39 is 5.97 Å². The van der Waals surface area contributed by atoms with Crippen molar-refractivity contribution < 1.29 is 19.4 Å². The van der Waals surface area contributed by atoms with Crippen LogP contribution in [0.15, 0.2) is 55.0 Å². The Labute approximate surface area is 226 Å². The highest BCUT2D eigenvalue weighted by Gasteiger charge is 2.29. The predicted octanol–water partition coefficient (Wildman–Crippen LogP) is 5.34. The molecular weight excluding hydrogens is 494 g/mol. The lowest BCUT2D eigenvalue weighted by Crippen LogP contribution is -2.50. The van der Waals surface area contributed by atoms with Gasteiger partial charge in [-0.25, -0.2) is 14.6 Å². The summed E-state index contributed by atoms with van der Waals surface area (Å²) in [5.74, 6) is 0.378. The van der Waals surface area contributed by atoms with Crippen molar-refractivity contribution in [2.24, 2.45) is 5.92 Å². The summed E-state index contributed by atoms with van der Waals surface area (Å²) >= 11 is 0. The largest absolute Gasteiger partial charge is 0.493 e. The van der Waals surface area contributed by atoms with Crippen LogP contribution in [0.1, 0.15) is 60.4 Å². The summed E-state index contributed by atoms with van der Waals surface area (Å²) < 4.78 is 5.90. The zero-order valence-corrected chi connectivity index (χ0v) is 21.8. The number of hydrogen-bond donors (Lipinski definition) is 3. The number of carboxylic acid groups (broad SMARTS) is 1. The van der Waals surface area contributed by atoms with E-state index in [0.717, 1.165) is 61.6 Å². The minimum atomic E-state index is -0.953. The Balaban J connectivity index is 1.02. The lowest BCUT2D eigenvalue weighted by molar-refractivity contribution is 0.0696. The van der Waals surface area contributed by atoms with Crippen molar-refractivity contribution >= 4 is 33.9 Å². The zero-order valence-electron chi connectivity index (χ0n) is 21.8. The first-order chi connectivity index (χ1) is 19.0. The van der Waals surface area contributed by atoms with Crippen LogP contribution in [0.2, 0.25) is 0 Å². The smallest absolute Gasteiger partial charge is 0.335 e. The molecule has 3 aromatic heterocycles. The molecule has 1 aliphatic heterocycles. The fraction of sp³-hybridized carbons (Fsp3) is 0.400. The van der Waals surface area contributed by atoms with Gasteiger partial charge < -0.3 is 25.0 Å². The summed E-state index contributed by atoms with van der Waals surface area (Å²) in [5, 5.41) is 14.7. The van der Waals surface area contributed by atoms with Gasteiger partial charge in [0.1, 0.15) is 11.4 Å². The van der Waals surface area contributed by atoms with Gasteiger partial charge in [-0.1, -0.05) is 0 Å². The molecule has 1 unspecified atom stereocenters. The number of aromatic nitrogens is 3. The Morgan fingerprint density at radius 2 is 1.87 bits per heavy atom. The molecule has 2 amide bonds. The van der Waals surface area contributed by atoms with Crippen molar-refractivity contribution in [3.8, 4) is 5.75 Å². The molecule has 9 nitrogen and oxygen atoms in total. The van der Waals surface area contributed by atoms with E-state index in [4.69, 9.17) is 9.84 Å². The van der Waals surface area contributed by atoms with Crippen LogP contribution in [0, 0.1) is 5.92 Å². The highest BCUT2D eigenvalue weighted by Crippen LogP contribution is 2.38. The van der Waals surface area contributed by atoms with Crippen molar-refractivity contribution in [1.82, 2.24) is 25.2 Å². The fourth-order valence-corrected chi connectivity index (χ4v) is 6.13. The normalized spacial score (nSPS) is 21.6. The van der Waals surface area contributed by atoms with E-state index in [2.05, 4.69) is 32.4 Å². The zero-order chi connectivity index (χ0) is 26.8. The average molecular weight is 528 g/mol. The molecule has 1 saturated heterocycles. The number of carbonyl (C=O) groups is 2. The van der Waals surface area contributed by atoms with Crippen LogP contribution in [-0.2, 0) is 0 Å². The van der Waals surface area contributed by atoms with Crippen LogP contribution in [0.4, 0.5) is 4.79 Å². The van der Waals surface area contributed by atoms with Crippen molar-refractivity contribution in [3.05, 3.63) is 66.1 Å². The topological polar surface area (TPSA) is 120 Å². The Bertz CT molecular complexity index is 1480. The maximum atomic E-state index is 13.1. The number of pyridine rings is 2. The first-order valence-electron chi connectivity index (χ1n) is 13.8. The molecule has 9 heteroatoms. The maximum Gasteiger partial charge on any atom is 0.335 e. The third-order valence-electron chi connectivity index (χ3n) is 8.21. The number of carbonyl (C=O) groups excluding carboxylic acids is 1. The molecule has 4 aromatic rings. The van der Waals surface area contributed by atoms with Crippen LogP contribution >= 0.6 is 0 Å². The number of urea groups is 1. The van der Waals surface area contributed by atoms with Gasteiger partial charge in [-0.15, -0.1) is 0 Å². The number of rotatable bonds is 6. The van der Waals surface area contributed by atoms with Gasteiger partial charge in [-0.05, 0) is 86.4 Å². The van der Waals surface area contributed by atoms with E-state index in [-0.39, 0.29) is 23.6 Å². The third kappa shape index (κ3) is 5.39. The molecule has 202 valence electrons. The van der Waals surface area contributed by atoms with Gasteiger partial charge in [0, 0.05) is 48.2 Å². The molecule has 0 spiro atoms. The van der Waals surface area contributed by atoms with Crippen molar-refractivity contribution in [3.63, 3.8) is 0 Å². The number of likely N-dealkylation sites (tertiary alicyclic amines) is 1. The SMILES string of the molecule is O=C(O)c1ccc(OCC2CCCN(C(=O)NC3CCC(c4ccnc5cnc6[nH]ccc6c45)CC3)C2)cc1. The second-order valence-corrected chi connectivity index (χ2v) is 10.8. The average Bonchev–Trinajstić information content (AvgIpc) is 3.46. The number of aromatic amines is 1.